The highest BCUT2D eigenvalue weighted by Crippen LogP contribution is 2.42. The second-order valence-corrected chi connectivity index (χ2v) is 8.68. The monoisotopic (exact) mass is 454 g/mol. The average Bonchev–Trinajstić information content (AvgIpc) is 3.14. The summed E-state index contributed by atoms with van der Waals surface area (Å²) < 4.78 is 0. The third-order valence-corrected chi connectivity index (χ3v) is 6.33. The van der Waals surface area contributed by atoms with Crippen LogP contribution in [0.1, 0.15) is 37.6 Å². The van der Waals surface area contributed by atoms with E-state index in [1.54, 1.807) is 0 Å². The lowest BCUT2D eigenvalue weighted by Crippen LogP contribution is -2.36. The predicted molar refractivity (Wildman–Crippen MR) is 141 cm³/mol. The summed E-state index contributed by atoms with van der Waals surface area (Å²) in [5.74, 6) is 0.606. The summed E-state index contributed by atoms with van der Waals surface area (Å²) in [5.41, 5.74) is 13.7. The van der Waals surface area contributed by atoms with Gasteiger partial charge in [0.15, 0.2) is 0 Å². The van der Waals surface area contributed by atoms with Gasteiger partial charge in [0, 0.05) is 31.6 Å². The molecule has 0 saturated heterocycles. The van der Waals surface area contributed by atoms with Gasteiger partial charge >= 0.3 is 0 Å². The highest BCUT2D eigenvalue weighted by molar-refractivity contribution is 5.91. The largest absolute Gasteiger partial charge is 0.348 e. The summed E-state index contributed by atoms with van der Waals surface area (Å²) in [6, 6.07) is 10.7. The van der Waals surface area contributed by atoms with Crippen molar-refractivity contribution in [1.82, 2.24) is 19.8 Å². The fourth-order valence-electron chi connectivity index (χ4n) is 4.48. The van der Waals surface area contributed by atoms with Gasteiger partial charge in [0.25, 0.3) is 0 Å². The van der Waals surface area contributed by atoms with E-state index >= 15 is 0 Å². The molecule has 2 atom stereocenters. The number of aryl methyl sites for hydroxylation is 1. The van der Waals surface area contributed by atoms with Crippen LogP contribution in [-0.2, 0) is 0 Å². The number of likely N-dealkylation sites (N-methyl/N-ethyl adjacent to an activating group) is 1. The van der Waals surface area contributed by atoms with E-state index in [0.29, 0.717) is 12.5 Å². The fraction of sp³-hybridized carbons (Fsp3) is 0.286. The number of aromatic nitrogens is 2. The van der Waals surface area contributed by atoms with Gasteiger partial charge in [-0.05, 0) is 57.1 Å². The molecule has 1 aromatic heterocycles. The Balaban J connectivity index is 1.78. The molecule has 34 heavy (non-hydrogen) atoms. The maximum Gasteiger partial charge on any atom is 0.223 e. The second kappa shape index (κ2) is 10.1. The molecule has 0 spiro atoms. The highest BCUT2D eigenvalue weighted by Gasteiger charge is 2.37. The van der Waals surface area contributed by atoms with E-state index in [9.17, 15) is 0 Å². The van der Waals surface area contributed by atoms with Crippen molar-refractivity contribution in [3.05, 3.63) is 101 Å². The van der Waals surface area contributed by atoms with Crippen molar-refractivity contribution in [1.29, 1.82) is 0 Å². The maximum absolute atomic E-state index is 5.95. The third kappa shape index (κ3) is 4.54. The van der Waals surface area contributed by atoms with Gasteiger partial charge in [-0.3, -0.25) is 0 Å². The number of anilines is 1. The van der Waals surface area contributed by atoms with Crippen LogP contribution >= 0.6 is 0 Å². The molecule has 176 valence electrons. The number of hydrogen-bond donors (Lipinski definition) is 2. The first-order valence-electron chi connectivity index (χ1n) is 11.8. The van der Waals surface area contributed by atoms with Crippen LogP contribution in [0, 0.1) is 6.92 Å². The van der Waals surface area contributed by atoms with Crippen LogP contribution in [-0.4, -0.2) is 45.6 Å². The van der Waals surface area contributed by atoms with Crippen molar-refractivity contribution < 1.29 is 0 Å². The van der Waals surface area contributed by atoms with Crippen molar-refractivity contribution >= 4 is 17.3 Å². The molecular formula is C28H34N6. The minimum absolute atomic E-state index is 0.0458. The van der Waals surface area contributed by atoms with Gasteiger partial charge in [0.05, 0.1) is 23.1 Å². The Bertz CT molecular complexity index is 1190. The van der Waals surface area contributed by atoms with Crippen molar-refractivity contribution in [3.63, 3.8) is 0 Å². The lowest BCUT2D eigenvalue weighted by molar-refractivity contribution is 0.288. The number of allylic oxidation sites excluding steroid dienone is 2. The molecule has 0 aliphatic carbocycles. The van der Waals surface area contributed by atoms with Gasteiger partial charge in [-0.1, -0.05) is 48.1 Å². The van der Waals surface area contributed by atoms with E-state index in [-0.39, 0.29) is 12.2 Å². The van der Waals surface area contributed by atoms with Gasteiger partial charge in [0.2, 0.25) is 5.95 Å². The lowest BCUT2D eigenvalue weighted by Gasteiger charge is -2.31. The van der Waals surface area contributed by atoms with Gasteiger partial charge in [-0.25, -0.2) is 9.97 Å². The molecule has 3 N–H and O–H groups in total. The molecule has 2 unspecified atom stereocenters. The first-order chi connectivity index (χ1) is 16.5. The Morgan fingerprint density at radius 2 is 1.94 bits per heavy atom. The summed E-state index contributed by atoms with van der Waals surface area (Å²) in [7, 11) is 2.13. The van der Waals surface area contributed by atoms with E-state index < -0.39 is 0 Å². The summed E-state index contributed by atoms with van der Waals surface area (Å²) in [4.78, 5) is 14.0. The Hall–Kier alpha value is -3.64. The first-order valence-corrected chi connectivity index (χ1v) is 11.8. The van der Waals surface area contributed by atoms with Crippen LogP contribution in [0.3, 0.4) is 0 Å². The van der Waals surface area contributed by atoms with Crippen molar-refractivity contribution in [2.75, 3.05) is 18.9 Å². The molecule has 1 aromatic carbocycles. The van der Waals surface area contributed by atoms with Crippen LogP contribution in [0.5, 0.6) is 0 Å². The van der Waals surface area contributed by atoms with Crippen LogP contribution < -0.4 is 11.1 Å². The van der Waals surface area contributed by atoms with Crippen molar-refractivity contribution in [3.8, 4) is 0 Å². The zero-order valence-electron chi connectivity index (χ0n) is 20.7. The van der Waals surface area contributed by atoms with E-state index in [0.717, 1.165) is 28.2 Å². The zero-order valence-corrected chi connectivity index (χ0v) is 20.7. The number of nitrogens with zero attached hydrogens (tertiary/aromatic N) is 4. The number of nitrogens with two attached hydrogens (primary N) is 1. The molecule has 0 fully saturated rings. The Labute approximate surface area is 202 Å². The van der Waals surface area contributed by atoms with Crippen LogP contribution in [0.25, 0.3) is 11.4 Å². The quantitative estimate of drug-likeness (QED) is 0.579. The summed E-state index contributed by atoms with van der Waals surface area (Å²) in [6.07, 6.45) is 14.5. The molecule has 0 radical (unpaired) electrons. The molecule has 6 heteroatoms. The highest BCUT2D eigenvalue weighted by atomic mass is 15.4. The molecule has 6 nitrogen and oxygen atoms in total. The van der Waals surface area contributed by atoms with Gasteiger partial charge in [0.1, 0.15) is 6.17 Å². The predicted octanol–water partition coefficient (Wildman–Crippen LogP) is 4.92. The molecule has 0 amide bonds. The van der Waals surface area contributed by atoms with E-state index in [2.05, 4.69) is 95.8 Å². The van der Waals surface area contributed by atoms with Crippen molar-refractivity contribution in [2.45, 2.75) is 39.9 Å². The summed E-state index contributed by atoms with van der Waals surface area (Å²) in [5, 5.41) is 3.46. The number of benzene rings is 1. The Kier molecular flexibility index (Phi) is 6.98. The molecule has 4 rings (SSSR count). The van der Waals surface area contributed by atoms with Gasteiger partial charge in [-0.15, -0.1) is 0 Å². The number of hydrogen-bond acceptors (Lipinski definition) is 6. The minimum Gasteiger partial charge on any atom is -0.348 e. The fourth-order valence-corrected chi connectivity index (χ4v) is 4.48. The van der Waals surface area contributed by atoms with Crippen LogP contribution in [0.2, 0.25) is 0 Å². The smallest absolute Gasteiger partial charge is 0.223 e. The normalized spacial score (nSPS) is 19.1. The maximum atomic E-state index is 5.95. The zero-order chi connectivity index (χ0) is 24.2. The molecular weight excluding hydrogens is 420 g/mol. The van der Waals surface area contributed by atoms with E-state index in [1.165, 1.54) is 11.1 Å². The van der Waals surface area contributed by atoms with Crippen LogP contribution in [0.15, 0.2) is 84.3 Å². The van der Waals surface area contributed by atoms with Crippen LogP contribution in [0.4, 0.5) is 5.95 Å². The van der Waals surface area contributed by atoms with Gasteiger partial charge in [-0.2, -0.15) is 0 Å². The SMILES string of the molecule is C/C=C\C(=C/C)C(C)Nc1nccc(C2=C(c3ccc(C)cc3)N(C)C3C=C(CN)C=CN23)n1. The molecule has 2 aromatic rings. The van der Waals surface area contributed by atoms with Crippen molar-refractivity contribution in [2.24, 2.45) is 5.73 Å². The average molecular weight is 455 g/mol. The van der Waals surface area contributed by atoms with Gasteiger partial charge < -0.3 is 20.9 Å². The summed E-state index contributed by atoms with van der Waals surface area (Å²) >= 11 is 0. The van der Waals surface area contributed by atoms with E-state index in [1.807, 2.05) is 32.2 Å². The second-order valence-electron chi connectivity index (χ2n) is 8.68. The first kappa shape index (κ1) is 23.5. The standard InChI is InChI=1S/C28H34N6/c1-6-8-22(7-2)20(4)31-28-30-15-13-24(32-28)27-26(23-11-9-19(3)10-12-23)33(5)25-17-21(18-29)14-16-34(25)27/h6-17,20,25H,18,29H2,1-5H3,(H,30,31,32)/b8-6-,22-7+. The number of fused-ring (bicyclic) bond motifs is 1. The molecule has 0 saturated carbocycles. The topological polar surface area (TPSA) is 70.3 Å². The third-order valence-electron chi connectivity index (χ3n) is 6.33. The van der Waals surface area contributed by atoms with E-state index in [4.69, 9.17) is 10.7 Å². The minimum atomic E-state index is 0.0458. The molecule has 3 heterocycles. The molecule has 2 aliphatic heterocycles. The Morgan fingerprint density at radius 3 is 2.62 bits per heavy atom. The number of nitrogens with one attached hydrogen (secondary N) is 1. The summed E-state index contributed by atoms with van der Waals surface area (Å²) in [6.45, 7) is 8.81. The lowest BCUT2D eigenvalue weighted by atomic mass is 10.1. The number of rotatable bonds is 7. The Morgan fingerprint density at radius 1 is 1.18 bits per heavy atom. The molecule has 0 bridgehead atoms. The molecule has 2 aliphatic rings.